The lowest BCUT2D eigenvalue weighted by molar-refractivity contribution is -0.132. The van der Waals surface area contributed by atoms with Crippen LogP contribution in [-0.2, 0) is 4.79 Å². The SMILES string of the molecule is C=C(CCCCC)C(=O)O.O. The molecule has 3 N–H and O–H groups in total. The van der Waals surface area contributed by atoms with Crippen LogP contribution in [0.1, 0.15) is 32.6 Å². The number of rotatable bonds is 5. The first-order chi connectivity index (χ1) is 4.68. The van der Waals surface area contributed by atoms with E-state index in [2.05, 4.69) is 13.5 Å². The van der Waals surface area contributed by atoms with Gasteiger partial charge < -0.3 is 10.6 Å². The summed E-state index contributed by atoms with van der Waals surface area (Å²) < 4.78 is 0. The molecule has 0 aliphatic rings. The summed E-state index contributed by atoms with van der Waals surface area (Å²) >= 11 is 0. The molecule has 0 bridgehead atoms. The van der Waals surface area contributed by atoms with Crippen molar-refractivity contribution in [3.63, 3.8) is 0 Å². The molecule has 0 aliphatic heterocycles. The van der Waals surface area contributed by atoms with Gasteiger partial charge in [-0.3, -0.25) is 0 Å². The van der Waals surface area contributed by atoms with Crippen LogP contribution in [0.15, 0.2) is 12.2 Å². The van der Waals surface area contributed by atoms with E-state index < -0.39 is 5.97 Å². The van der Waals surface area contributed by atoms with Gasteiger partial charge in [0.1, 0.15) is 0 Å². The molecule has 0 rings (SSSR count). The van der Waals surface area contributed by atoms with Crippen molar-refractivity contribution in [3.05, 3.63) is 12.2 Å². The zero-order chi connectivity index (χ0) is 7.98. The van der Waals surface area contributed by atoms with E-state index in [1.807, 2.05) is 0 Å². The number of carboxylic acids is 1. The van der Waals surface area contributed by atoms with Gasteiger partial charge in [0.15, 0.2) is 0 Å². The Hall–Kier alpha value is -0.830. The van der Waals surface area contributed by atoms with E-state index in [1.54, 1.807) is 0 Å². The Bertz CT molecular complexity index is 129. The summed E-state index contributed by atoms with van der Waals surface area (Å²) in [4.78, 5) is 10.2. The molecule has 0 saturated heterocycles. The van der Waals surface area contributed by atoms with Crippen molar-refractivity contribution in [1.82, 2.24) is 0 Å². The van der Waals surface area contributed by atoms with Gasteiger partial charge in [0.25, 0.3) is 0 Å². The van der Waals surface area contributed by atoms with Gasteiger partial charge in [0.05, 0.1) is 0 Å². The molecule has 0 unspecified atom stereocenters. The lowest BCUT2D eigenvalue weighted by Gasteiger charge is -1.97. The zero-order valence-corrected chi connectivity index (χ0v) is 6.89. The molecule has 66 valence electrons. The maximum atomic E-state index is 10.2. The Kier molecular flexibility index (Phi) is 8.48. The first kappa shape index (κ1) is 12.8. The predicted octanol–water partition coefficient (Wildman–Crippen LogP) is 1.38. The summed E-state index contributed by atoms with van der Waals surface area (Å²) in [7, 11) is 0. The number of unbranched alkanes of at least 4 members (excludes halogenated alkanes) is 2. The smallest absolute Gasteiger partial charge is 0.330 e. The zero-order valence-electron chi connectivity index (χ0n) is 6.89. The summed E-state index contributed by atoms with van der Waals surface area (Å²) in [5, 5.41) is 8.38. The second-order valence-corrected chi connectivity index (χ2v) is 2.37. The lowest BCUT2D eigenvalue weighted by atomic mass is 10.1. The Balaban J connectivity index is 0. The van der Waals surface area contributed by atoms with Gasteiger partial charge >= 0.3 is 5.97 Å². The van der Waals surface area contributed by atoms with E-state index in [-0.39, 0.29) is 5.48 Å². The van der Waals surface area contributed by atoms with Crippen LogP contribution in [0.2, 0.25) is 0 Å². The summed E-state index contributed by atoms with van der Waals surface area (Å²) in [6.07, 6.45) is 3.78. The Labute approximate surface area is 67.0 Å². The van der Waals surface area contributed by atoms with Crippen molar-refractivity contribution in [3.8, 4) is 0 Å². The average Bonchev–Trinajstić information content (AvgIpc) is 1.88. The molecule has 0 aromatic rings. The fourth-order valence-corrected chi connectivity index (χ4v) is 0.695. The van der Waals surface area contributed by atoms with Crippen LogP contribution < -0.4 is 0 Å². The Morgan fingerprint density at radius 3 is 2.36 bits per heavy atom. The molecule has 0 aromatic carbocycles. The molecule has 0 spiro atoms. The fraction of sp³-hybridized carbons (Fsp3) is 0.625. The van der Waals surface area contributed by atoms with Gasteiger partial charge in [-0.15, -0.1) is 0 Å². The standard InChI is InChI=1S/C8H14O2.H2O/c1-3-4-5-6-7(2)8(9)10;/h2-6H2,1H3,(H,9,10);1H2. The molecule has 0 heterocycles. The van der Waals surface area contributed by atoms with Gasteiger partial charge in [-0.25, -0.2) is 4.79 Å². The van der Waals surface area contributed by atoms with Gasteiger partial charge in [-0.1, -0.05) is 26.3 Å². The maximum Gasteiger partial charge on any atom is 0.330 e. The van der Waals surface area contributed by atoms with Crippen LogP contribution in [0.4, 0.5) is 0 Å². The molecule has 0 amide bonds. The van der Waals surface area contributed by atoms with Crippen LogP contribution in [-0.4, -0.2) is 16.6 Å². The van der Waals surface area contributed by atoms with E-state index in [0.29, 0.717) is 12.0 Å². The van der Waals surface area contributed by atoms with Crippen LogP contribution in [0, 0.1) is 0 Å². The summed E-state index contributed by atoms with van der Waals surface area (Å²) in [5.74, 6) is -0.865. The number of carboxylic acid groups (broad SMARTS) is 1. The Morgan fingerprint density at radius 1 is 1.45 bits per heavy atom. The second kappa shape index (κ2) is 7.28. The normalized spacial score (nSPS) is 8.45. The monoisotopic (exact) mass is 160 g/mol. The van der Waals surface area contributed by atoms with E-state index in [1.165, 1.54) is 0 Å². The van der Waals surface area contributed by atoms with E-state index in [9.17, 15) is 4.79 Å². The third kappa shape index (κ3) is 7.06. The topological polar surface area (TPSA) is 68.8 Å². The second-order valence-electron chi connectivity index (χ2n) is 2.37. The highest BCUT2D eigenvalue weighted by atomic mass is 16.4. The highest BCUT2D eigenvalue weighted by Crippen LogP contribution is 2.06. The maximum absolute atomic E-state index is 10.2. The minimum atomic E-state index is -0.865. The fourth-order valence-electron chi connectivity index (χ4n) is 0.695. The third-order valence-electron chi connectivity index (χ3n) is 1.38. The highest BCUT2D eigenvalue weighted by Gasteiger charge is 2.01. The van der Waals surface area contributed by atoms with Crippen LogP contribution in [0.5, 0.6) is 0 Å². The molecule has 3 nitrogen and oxygen atoms in total. The van der Waals surface area contributed by atoms with Crippen molar-refractivity contribution in [2.45, 2.75) is 32.6 Å². The molecule has 0 saturated carbocycles. The van der Waals surface area contributed by atoms with Crippen LogP contribution in [0.25, 0.3) is 0 Å². The lowest BCUT2D eigenvalue weighted by Crippen LogP contribution is -1.98. The largest absolute Gasteiger partial charge is 0.478 e. The van der Waals surface area contributed by atoms with Crippen molar-refractivity contribution >= 4 is 5.97 Å². The van der Waals surface area contributed by atoms with E-state index >= 15 is 0 Å². The minimum absolute atomic E-state index is 0. The molecular weight excluding hydrogens is 144 g/mol. The number of hydrogen-bond acceptors (Lipinski definition) is 1. The van der Waals surface area contributed by atoms with Crippen LogP contribution >= 0.6 is 0 Å². The molecule has 0 aromatic heterocycles. The van der Waals surface area contributed by atoms with Gasteiger partial charge in [-0.05, 0) is 12.8 Å². The summed E-state index contributed by atoms with van der Waals surface area (Å²) in [6.45, 7) is 5.51. The number of carbonyl (C=O) groups is 1. The molecule has 3 heteroatoms. The third-order valence-corrected chi connectivity index (χ3v) is 1.38. The van der Waals surface area contributed by atoms with Crippen LogP contribution in [0.3, 0.4) is 0 Å². The number of hydrogen-bond donors (Lipinski definition) is 1. The molecule has 0 fully saturated rings. The van der Waals surface area contributed by atoms with Crippen molar-refractivity contribution in [2.75, 3.05) is 0 Å². The van der Waals surface area contributed by atoms with E-state index in [0.717, 1.165) is 19.3 Å². The van der Waals surface area contributed by atoms with E-state index in [4.69, 9.17) is 5.11 Å². The van der Waals surface area contributed by atoms with Crippen molar-refractivity contribution < 1.29 is 15.4 Å². The minimum Gasteiger partial charge on any atom is -0.478 e. The first-order valence-electron chi connectivity index (χ1n) is 3.59. The molecule has 0 aliphatic carbocycles. The molecule has 0 atom stereocenters. The molecule has 11 heavy (non-hydrogen) atoms. The predicted molar refractivity (Wildman–Crippen MR) is 44.5 cm³/mol. The van der Waals surface area contributed by atoms with Crippen molar-refractivity contribution in [1.29, 1.82) is 0 Å². The average molecular weight is 160 g/mol. The summed E-state index contributed by atoms with van der Waals surface area (Å²) in [6, 6.07) is 0. The quantitative estimate of drug-likeness (QED) is 0.487. The van der Waals surface area contributed by atoms with Gasteiger partial charge in [0.2, 0.25) is 0 Å². The summed E-state index contributed by atoms with van der Waals surface area (Å²) in [5.41, 5.74) is 0.327. The molecule has 0 radical (unpaired) electrons. The highest BCUT2D eigenvalue weighted by molar-refractivity contribution is 5.85. The number of aliphatic carboxylic acids is 1. The van der Waals surface area contributed by atoms with Gasteiger partial charge in [0, 0.05) is 5.57 Å². The Morgan fingerprint density at radius 2 is 2.00 bits per heavy atom. The van der Waals surface area contributed by atoms with Crippen molar-refractivity contribution in [2.24, 2.45) is 0 Å². The first-order valence-corrected chi connectivity index (χ1v) is 3.59. The molecular formula is C8H16O3. The van der Waals surface area contributed by atoms with Gasteiger partial charge in [-0.2, -0.15) is 0 Å².